The van der Waals surface area contributed by atoms with Crippen LogP contribution in [0.2, 0.25) is 5.02 Å². The number of hydrogen-bond acceptors (Lipinski definition) is 3. The molecule has 0 radical (unpaired) electrons. The van der Waals surface area contributed by atoms with Crippen molar-refractivity contribution in [3.63, 3.8) is 0 Å². The molecule has 0 saturated heterocycles. The summed E-state index contributed by atoms with van der Waals surface area (Å²) in [6.45, 7) is 2.36. The largest absolute Gasteiger partial charge is 0.307 e. The minimum atomic E-state index is -2.79. The van der Waals surface area contributed by atoms with E-state index in [0.717, 1.165) is 18.4 Å². The molecule has 1 aliphatic rings. The summed E-state index contributed by atoms with van der Waals surface area (Å²) in [5, 5.41) is 10.9. The van der Waals surface area contributed by atoms with Crippen molar-refractivity contribution in [2.24, 2.45) is 0 Å². The van der Waals surface area contributed by atoms with Gasteiger partial charge in [-0.1, -0.05) is 41.4 Å². The summed E-state index contributed by atoms with van der Waals surface area (Å²) in [5.41, 5.74) is 2.28. The third-order valence-electron chi connectivity index (χ3n) is 4.86. The summed E-state index contributed by atoms with van der Waals surface area (Å²) in [7, 11) is 0. The lowest BCUT2D eigenvalue weighted by atomic mass is 10.1. The van der Waals surface area contributed by atoms with Gasteiger partial charge in [-0.05, 0) is 41.3 Å². The number of hydrogen-bond donors (Lipinski definition) is 1. The lowest BCUT2D eigenvalue weighted by Crippen LogP contribution is -2.21. The van der Waals surface area contributed by atoms with Crippen molar-refractivity contribution in [3.8, 4) is 0 Å². The van der Waals surface area contributed by atoms with Crippen molar-refractivity contribution < 1.29 is 13.6 Å². The van der Waals surface area contributed by atoms with Crippen LogP contribution in [0, 0.1) is 6.92 Å². The summed E-state index contributed by atoms with van der Waals surface area (Å²) >= 11 is 9.50. The summed E-state index contributed by atoms with van der Waals surface area (Å²) in [4.78, 5) is 12.6. The highest BCUT2D eigenvalue weighted by molar-refractivity contribution is 9.10. The van der Waals surface area contributed by atoms with Crippen LogP contribution in [0.1, 0.15) is 47.7 Å². The Hall–Kier alpha value is -2.26. The first-order valence-electron chi connectivity index (χ1n) is 9.44. The minimum Gasteiger partial charge on any atom is -0.307 e. The van der Waals surface area contributed by atoms with Crippen molar-refractivity contribution >= 4 is 39.3 Å². The lowest BCUT2D eigenvalue weighted by Gasteiger charge is -2.07. The Balaban J connectivity index is 1.46. The molecule has 2 aromatic heterocycles. The molecule has 30 heavy (non-hydrogen) atoms. The zero-order chi connectivity index (χ0) is 21.4. The summed E-state index contributed by atoms with van der Waals surface area (Å²) in [5.74, 6) is 0.0105. The van der Waals surface area contributed by atoms with Gasteiger partial charge in [-0.25, -0.2) is 8.78 Å². The molecular formula is C20H19BrClF2N5O. The molecule has 1 aromatic carbocycles. The van der Waals surface area contributed by atoms with E-state index in [1.54, 1.807) is 10.9 Å². The fraction of sp³-hybridized carbons (Fsp3) is 0.350. The normalized spacial score (nSPS) is 13.8. The molecule has 3 aromatic rings. The van der Waals surface area contributed by atoms with Crippen molar-refractivity contribution in [2.45, 2.75) is 45.2 Å². The number of anilines is 1. The van der Waals surface area contributed by atoms with Gasteiger partial charge in [-0.2, -0.15) is 10.2 Å². The first-order chi connectivity index (χ1) is 14.3. The van der Waals surface area contributed by atoms with Crippen molar-refractivity contribution in [1.29, 1.82) is 0 Å². The molecule has 1 N–H and O–H groups in total. The Kier molecular flexibility index (Phi) is 5.92. The zero-order valence-electron chi connectivity index (χ0n) is 16.1. The number of halogens is 4. The number of nitrogens with zero attached hydrogens (tertiary/aromatic N) is 4. The second kappa shape index (κ2) is 8.47. The molecule has 1 aliphatic carbocycles. The molecule has 0 unspecified atom stereocenters. The number of benzene rings is 1. The molecule has 1 saturated carbocycles. The fourth-order valence-electron chi connectivity index (χ4n) is 3.23. The van der Waals surface area contributed by atoms with Gasteiger partial charge in [0.15, 0.2) is 5.82 Å². The Morgan fingerprint density at radius 3 is 2.63 bits per heavy atom. The SMILES string of the molecule is Cc1ccc(Cn2cc(Br)c(NC(=O)Cn3nc(C(F)F)c(Cl)c3C3CC3)n2)cc1. The molecule has 10 heteroatoms. The minimum absolute atomic E-state index is 0.0381. The van der Waals surface area contributed by atoms with E-state index >= 15 is 0 Å². The average Bonchev–Trinajstić information content (AvgIpc) is 3.38. The molecular weight excluding hydrogens is 480 g/mol. The lowest BCUT2D eigenvalue weighted by molar-refractivity contribution is -0.117. The molecule has 1 amide bonds. The zero-order valence-corrected chi connectivity index (χ0v) is 18.4. The molecule has 6 nitrogen and oxygen atoms in total. The van der Waals surface area contributed by atoms with E-state index in [-0.39, 0.29) is 17.5 Å². The quantitative estimate of drug-likeness (QED) is 0.480. The Morgan fingerprint density at radius 2 is 2.00 bits per heavy atom. The van der Waals surface area contributed by atoms with E-state index < -0.39 is 18.0 Å². The van der Waals surface area contributed by atoms with Crippen LogP contribution in [0.25, 0.3) is 0 Å². The van der Waals surface area contributed by atoms with Gasteiger partial charge >= 0.3 is 0 Å². The molecule has 0 spiro atoms. The third-order valence-corrected chi connectivity index (χ3v) is 5.83. The van der Waals surface area contributed by atoms with Crippen LogP contribution in [0.4, 0.5) is 14.6 Å². The third kappa shape index (κ3) is 4.57. The molecule has 0 atom stereocenters. The number of aromatic nitrogens is 4. The van der Waals surface area contributed by atoms with Crippen LogP contribution < -0.4 is 5.32 Å². The summed E-state index contributed by atoms with van der Waals surface area (Å²) in [6, 6.07) is 8.09. The smallest absolute Gasteiger partial charge is 0.283 e. The average molecular weight is 499 g/mol. The fourth-order valence-corrected chi connectivity index (χ4v) is 4.02. The molecule has 0 aliphatic heterocycles. The second-order valence-electron chi connectivity index (χ2n) is 7.37. The first kappa shape index (κ1) is 21.0. The highest BCUT2D eigenvalue weighted by Crippen LogP contribution is 2.45. The van der Waals surface area contributed by atoms with Crippen LogP contribution in [0.3, 0.4) is 0 Å². The first-order valence-corrected chi connectivity index (χ1v) is 10.6. The van der Waals surface area contributed by atoms with Crippen molar-refractivity contribution in [1.82, 2.24) is 19.6 Å². The van der Waals surface area contributed by atoms with Crippen LogP contribution >= 0.6 is 27.5 Å². The van der Waals surface area contributed by atoms with Crippen LogP contribution in [0.15, 0.2) is 34.9 Å². The Bertz CT molecular complexity index is 1080. The van der Waals surface area contributed by atoms with E-state index in [9.17, 15) is 13.6 Å². The highest BCUT2D eigenvalue weighted by atomic mass is 79.9. The van der Waals surface area contributed by atoms with E-state index in [4.69, 9.17) is 11.6 Å². The van der Waals surface area contributed by atoms with E-state index in [2.05, 4.69) is 31.4 Å². The number of carbonyl (C=O) groups is 1. The number of nitrogens with one attached hydrogen (secondary N) is 1. The summed E-state index contributed by atoms with van der Waals surface area (Å²) < 4.78 is 29.9. The standard InChI is InChI=1S/C20H19BrClF2N5O/c1-11-2-4-12(5-3-11)8-28-9-14(21)20(27-28)25-15(30)10-29-18(13-6-7-13)16(22)17(26-29)19(23)24/h2-5,9,13,19H,6-8,10H2,1H3,(H,25,27,30). The maximum Gasteiger partial charge on any atom is 0.283 e. The maximum atomic E-state index is 13.2. The van der Waals surface area contributed by atoms with Crippen molar-refractivity contribution in [3.05, 3.63) is 62.5 Å². The predicted octanol–water partition coefficient (Wildman–Crippen LogP) is 5.31. The summed E-state index contributed by atoms with van der Waals surface area (Å²) in [6.07, 6.45) is 0.686. The topological polar surface area (TPSA) is 64.7 Å². The number of amides is 1. The van der Waals surface area contributed by atoms with E-state index in [0.29, 0.717) is 22.5 Å². The van der Waals surface area contributed by atoms with Gasteiger partial charge < -0.3 is 5.32 Å². The molecule has 158 valence electrons. The molecule has 1 fully saturated rings. The van der Waals surface area contributed by atoms with E-state index in [1.165, 1.54) is 10.2 Å². The van der Waals surface area contributed by atoms with Gasteiger partial charge in [0.05, 0.1) is 21.7 Å². The van der Waals surface area contributed by atoms with Gasteiger partial charge in [-0.15, -0.1) is 0 Å². The predicted molar refractivity (Wildman–Crippen MR) is 113 cm³/mol. The number of aryl methyl sites for hydroxylation is 1. The molecule has 0 bridgehead atoms. The van der Waals surface area contributed by atoms with E-state index in [1.807, 2.05) is 31.2 Å². The van der Waals surface area contributed by atoms with Crippen molar-refractivity contribution in [2.75, 3.05) is 5.32 Å². The molecule has 2 heterocycles. The van der Waals surface area contributed by atoms with Gasteiger partial charge in [0.2, 0.25) is 5.91 Å². The monoisotopic (exact) mass is 497 g/mol. The van der Waals surface area contributed by atoms with Gasteiger partial charge in [0.1, 0.15) is 12.2 Å². The van der Waals surface area contributed by atoms with Gasteiger partial charge in [0.25, 0.3) is 6.43 Å². The van der Waals surface area contributed by atoms with Crippen LogP contribution in [0.5, 0.6) is 0 Å². The van der Waals surface area contributed by atoms with Crippen LogP contribution in [-0.4, -0.2) is 25.5 Å². The number of carbonyl (C=O) groups excluding carboxylic acids is 1. The number of alkyl halides is 2. The Morgan fingerprint density at radius 1 is 1.30 bits per heavy atom. The highest BCUT2D eigenvalue weighted by Gasteiger charge is 2.34. The van der Waals surface area contributed by atoms with Gasteiger partial charge in [-0.3, -0.25) is 14.2 Å². The van der Waals surface area contributed by atoms with Gasteiger partial charge in [0, 0.05) is 12.1 Å². The Labute approximate surface area is 185 Å². The second-order valence-corrected chi connectivity index (χ2v) is 8.61. The maximum absolute atomic E-state index is 13.2. The molecule has 4 rings (SSSR count). The number of rotatable bonds is 7. The van der Waals surface area contributed by atoms with Crippen LogP contribution in [-0.2, 0) is 17.9 Å².